The summed E-state index contributed by atoms with van der Waals surface area (Å²) in [5.74, 6) is -1.55. The van der Waals surface area contributed by atoms with E-state index in [9.17, 15) is 13.6 Å². The summed E-state index contributed by atoms with van der Waals surface area (Å²) >= 11 is 0. The Labute approximate surface area is 110 Å². The minimum Gasteiger partial charge on any atom is -0.385 e. The van der Waals surface area contributed by atoms with Crippen LogP contribution in [0.4, 0.5) is 8.78 Å². The SMILES string of the molecule is COCCC(N)C(=O)NCCc1cc(F)cc(F)c1. The third-order valence-electron chi connectivity index (χ3n) is 2.60. The fraction of sp³-hybridized carbons (Fsp3) is 0.462. The molecule has 1 rings (SSSR count). The zero-order valence-corrected chi connectivity index (χ0v) is 10.8. The summed E-state index contributed by atoms with van der Waals surface area (Å²) in [5, 5.41) is 2.61. The monoisotopic (exact) mass is 272 g/mol. The van der Waals surface area contributed by atoms with Crippen LogP contribution in [-0.2, 0) is 16.0 Å². The fourth-order valence-electron chi connectivity index (χ4n) is 1.59. The van der Waals surface area contributed by atoms with Crippen molar-refractivity contribution in [3.8, 4) is 0 Å². The number of nitrogens with one attached hydrogen (secondary N) is 1. The molecule has 0 radical (unpaired) electrons. The largest absolute Gasteiger partial charge is 0.385 e. The molecule has 4 nitrogen and oxygen atoms in total. The number of hydrogen-bond acceptors (Lipinski definition) is 3. The highest BCUT2D eigenvalue weighted by Crippen LogP contribution is 2.08. The number of amides is 1. The van der Waals surface area contributed by atoms with Gasteiger partial charge in [0.1, 0.15) is 11.6 Å². The van der Waals surface area contributed by atoms with Crippen molar-refractivity contribution in [3.63, 3.8) is 0 Å². The maximum absolute atomic E-state index is 12.9. The first kappa shape index (κ1) is 15.5. The molecular weight excluding hydrogens is 254 g/mol. The van der Waals surface area contributed by atoms with Crippen molar-refractivity contribution in [2.75, 3.05) is 20.3 Å². The number of rotatable bonds is 7. The van der Waals surface area contributed by atoms with Crippen molar-refractivity contribution >= 4 is 5.91 Å². The molecule has 6 heteroatoms. The van der Waals surface area contributed by atoms with Crippen LogP contribution in [0.15, 0.2) is 18.2 Å². The minimum absolute atomic E-state index is 0.280. The quantitative estimate of drug-likeness (QED) is 0.778. The first-order chi connectivity index (χ1) is 9.02. The summed E-state index contributed by atoms with van der Waals surface area (Å²) in [4.78, 5) is 11.5. The van der Waals surface area contributed by atoms with E-state index in [4.69, 9.17) is 10.5 Å². The van der Waals surface area contributed by atoms with Gasteiger partial charge in [0, 0.05) is 26.3 Å². The Morgan fingerprint density at radius 2 is 2.00 bits per heavy atom. The molecule has 1 atom stereocenters. The summed E-state index contributed by atoms with van der Waals surface area (Å²) in [6.07, 6.45) is 0.772. The van der Waals surface area contributed by atoms with Crippen LogP contribution < -0.4 is 11.1 Å². The van der Waals surface area contributed by atoms with Gasteiger partial charge < -0.3 is 15.8 Å². The number of methoxy groups -OCH3 is 1. The van der Waals surface area contributed by atoms with E-state index in [0.29, 0.717) is 25.0 Å². The van der Waals surface area contributed by atoms with E-state index in [1.807, 2.05) is 0 Å². The second-order valence-electron chi connectivity index (χ2n) is 4.21. The van der Waals surface area contributed by atoms with Gasteiger partial charge in [-0.1, -0.05) is 0 Å². The Bertz CT molecular complexity index is 407. The highest BCUT2D eigenvalue weighted by Gasteiger charge is 2.12. The molecule has 3 N–H and O–H groups in total. The molecule has 0 spiro atoms. The Kier molecular flexibility index (Phi) is 6.38. The predicted molar refractivity (Wildman–Crippen MR) is 67.5 cm³/mol. The van der Waals surface area contributed by atoms with Gasteiger partial charge in [0.2, 0.25) is 5.91 Å². The Balaban J connectivity index is 2.35. The maximum Gasteiger partial charge on any atom is 0.237 e. The molecule has 0 fully saturated rings. The van der Waals surface area contributed by atoms with Crippen molar-refractivity contribution in [3.05, 3.63) is 35.4 Å². The second-order valence-corrected chi connectivity index (χ2v) is 4.21. The lowest BCUT2D eigenvalue weighted by Gasteiger charge is -2.11. The van der Waals surface area contributed by atoms with Gasteiger partial charge in [-0.05, 0) is 30.5 Å². The first-order valence-corrected chi connectivity index (χ1v) is 6.00. The molecule has 0 aliphatic carbocycles. The molecule has 0 aromatic heterocycles. The van der Waals surface area contributed by atoms with Crippen molar-refractivity contribution in [1.29, 1.82) is 0 Å². The number of halogens is 2. The summed E-state index contributed by atoms with van der Waals surface area (Å²) in [6.45, 7) is 0.687. The number of carbonyl (C=O) groups is 1. The summed E-state index contributed by atoms with van der Waals surface area (Å²) in [7, 11) is 1.53. The Morgan fingerprint density at radius 3 is 2.58 bits per heavy atom. The van der Waals surface area contributed by atoms with Crippen molar-refractivity contribution in [1.82, 2.24) is 5.32 Å². The number of carbonyl (C=O) groups excluding carboxylic acids is 1. The number of benzene rings is 1. The van der Waals surface area contributed by atoms with Crippen LogP contribution in [0.1, 0.15) is 12.0 Å². The van der Waals surface area contributed by atoms with Crippen LogP contribution in [0.25, 0.3) is 0 Å². The van der Waals surface area contributed by atoms with Crippen LogP contribution in [0.2, 0.25) is 0 Å². The van der Waals surface area contributed by atoms with E-state index in [1.54, 1.807) is 0 Å². The van der Waals surface area contributed by atoms with Crippen molar-refractivity contribution < 1.29 is 18.3 Å². The van der Waals surface area contributed by atoms with Gasteiger partial charge in [-0.3, -0.25) is 4.79 Å². The van der Waals surface area contributed by atoms with Crippen LogP contribution >= 0.6 is 0 Å². The lowest BCUT2D eigenvalue weighted by Crippen LogP contribution is -2.41. The molecule has 0 saturated carbocycles. The molecule has 0 heterocycles. The molecule has 1 aromatic rings. The topological polar surface area (TPSA) is 64.3 Å². The standard InChI is InChI=1S/C13H18F2N2O2/c1-19-5-3-12(16)13(18)17-4-2-9-6-10(14)8-11(15)7-9/h6-8,12H,2-5,16H2,1H3,(H,17,18). The van der Waals surface area contributed by atoms with E-state index >= 15 is 0 Å². The molecule has 106 valence electrons. The third kappa shape index (κ3) is 5.76. The highest BCUT2D eigenvalue weighted by molar-refractivity contribution is 5.81. The smallest absolute Gasteiger partial charge is 0.237 e. The fourth-order valence-corrected chi connectivity index (χ4v) is 1.59. The van der Waals surface area contributed by atoms with E-state index in [2.05, 4.69) is 5.32 Å². The lowest BCUT2D eigenvalue weighted by atomic mass is 10.1. The molecular formula is C13H18F2N2O2. The minimum atomic E-state index is -0.635. The van der Waals surface area contributed by atoms with E-state index in [1.165, 1.54) is 19.2 Å². The lowest BCUT2D eigenvalue weighted by molar-refractivity contribution is -0.122. The van der Waals surface area contributed by atoms with Crippen molar-refractivity contribution in [2.24, 2.45) is 5.73 Å². The van der Waals surface area contributed by atoms with E-state index < -0.39 is 17.7 Å². The average Bonchev–Trinajstić information content (AvgIpc) is 2.34. The Hall–Kier alpha value is -1.53. The summed E-state index contributed by atoms with van der Waals surface area (Å²) < 4.78 is 30.7. The number of hydrogen-bond donors (Lipinski definition) is 2. The van der Waals surface area contributed by atoms with Gasteiger partial charge >= 0.3 is 0 Å². The van der Waals surface area contributed by atoms with Gasteiger partial charge in [-0.25, -0.2) is 8.78 Å². The molecule has 0 aliphatic heterocycles. The molecule has 1 unspecified atom stereocenters. The first-order valence-electron chi connectivity index (χ1n) is 6.00. The van der Waals surface area contributed by atoms with Crippen LogP contribution in [-0.4, -0.2) is 32.2 Å². The summed E-state index contributed by atoms with van der Waals surface area (Å²) in [6, 6.07) is 2.65. The number of ether oxygens (including phenoxy) is 1. The van der Waals surface area contributed by atoms with Crippen LogP contribution in [0.3, 0.4) is 0 Å². The van der Waals surface area contributed by atoms with E-state index in [0.717, 1.165) is 6.07 Å². The van der Waals surface area contributed by atoms with Gasteiger partial charge in [0.25, 0.3) is 0 Å². The maximum atomic E-state index is 12.9. The van der Waals surface area contributed by atoms with Gasteiger partial charge in [-0.15, -0.1) is 0 Å². The third-order valence-corrected chi connectivity index (χ3v) is 2.60. The zero-order valence-electron chi connectivity index (χ0n) is 10.8. The highest BCUT2D eigenvalue weighted by atomic mass is 19.1. The summed E-state index contributed by atoms with van der Waals surface area (Å²) in [5.41, 5.74) is 6.11. The molecule has 0 aliphatic rings. The van der Waals surface area contributed by atoms with Gasteiger partial charge in [0.05, 0.1) is 6.04 Å². The molecule has 0 saturated heterocycles. The average molecular weight is 272 g/mol. The van der Waals surface area contributed by atoms with E-state index in [-0.39, 0.29) is 12.5 Å². The normalized spacial score (nSPS) is 12.2. The Morgan fingerprint density at radius 1 is 1.37 bits per heavy atom. The molecule has 19 heavy (non-hydrogen) atoms. The molecule has 1 aromatic carbocycles. The zero-order chi connectivity index (χ0) is 14.3. The predicted octanol–water partition coefficient (Wildman–Crippen LogP) is 0.987. The second kappa shape index (κ2) is 7.81. The van der Waals surface area contributed by atoms with Crippen molar-refractivity contribution in [2.45, 2.75) is 18.9 Å². The molecule has 1 amide bonds. The van der Waals surface area contributed by atoms with Crippen LogP contribution in [0, 0.1) is 11.6 Å². The molecule has 0 bridgehead atoms. The number of nitrogens with two attached hydrogens (primary N) is 1. The van der Waals surface area contributed by atoms with Gasteiger partial charge in [0.15, 0.2) is 0 Å². The van der Waals surface area contributed by atoms with Gasteiger partial charge in [-0.2, -0.15) is 0 Å². The van der Waals surface area contributed by atoms with Crippen LogP contribution in [0.5, 0.6) is 0 Å².